The van der Waals surface area contributed by atoms with Gasteiger partial charge >= 0.3 is 11.7 Å². The number of nitrogens with zero attached hydrogens (tertiary/aromatic N) is 2. The number of benzene rings is 1. The lowest BCUT2D eigenvalue weighted by atomic mass is 10.2. The van der Waals surface area contributed by atoms with Crippen LogP contribution in [0.5, 0.6) is 0 Å². The highest BCUT2D eigenvalue weighted by Crippen LogP contribution is 2.42. The number of nitrogens with one attached hydrogen (secondary N) is 1. The molecule has 1 aliphatic heterocycles. The lowest BCUT2D eigenvalue weighted by Crippen LogP contribution is -2.35. The Morgan fingerprint density at radius 2 is 2.12 bits per heavy atom. The topological polar surface area (TPSA) is 135 Å². The summed E-state index contributed by atoms with van der Waals surface area (Å²) in [5, 5.41) is 2.45. The van der Waals surface area contributed by atoms with Crippen LogP contribution < -0.4 is 16.5 Å². The highest BCUT2D eigenvalue weighted by atomic mass is 31.1. The Balaban J connectivity index is 1.47. The van der Waals surface area contributed by atoms with E-state index in [0.29, 0.717) is 4.57 Å². The van der Waals surface area contributed by atoms with Crippen molar-refractivity contribution in [1.29, 1.82) is 0 Å². The van der Waals surface area contributed by atoms with E-state index in [1.165, 1.54) is 13.0 Å². The van der Waals surface area contributed by atoms with Gasteiger partial charge in [-0.1, -0.05) is 30.3 Å². The summed E-state index contributed by atoms with van der Waals surface area (Å²) in [5.41, 5.74) is 5.18. The number of carbonyl (C=O) groups excluding carboxylic acids is 1. The second kappa shape index (κ2) is 10.3. The molecule has 0 radical (unpaired) electrons. The van der Waals surface area contributed by atoms with Gasteiger partial charge in [-0.2, -0.15) is 4.98 Å². The molecule has 1 unspecified atom stereocenters. The molecule has 3 rings (SSSR count). The molecule has 0 saturated carbocycles. The number of ether oxygens (including phenoxy) is 2. The molecule has 4 atom stereocenters. The van der Waals surface area contributed by atoms with Gasteiger partial charge in [0.15, 0.2) is 0 Å². The van der Waals surface area contributed by atoms with E-state index >= 15 is 0 Å². The molecule has 0 amide bonds. The Morgan fingerprint density at radius 1 is 1.41 bits per heavy atom. The molecule has 0 spiro atoms. The lowest BCUT2D eigenvalue weighted by molar-refractivity contribution is -0.146. The molecular formula is C19H23F2N4O6P. The van der Waals surface area contributed by atoms with Crippen molar-refractivity contribution in [1.82, 2.24) is 14.6 Å². The molecule has 1 aromatic carbocycles. The number of nitrogens with two attached hydrogens (primary N) is 1. The van der Waals surface area contributed by atoms with E-state index in [1.54, 1.807) is 24.3 Å². The predicted molar refractivity (Wildman–Crippen MR) is 110 cm³/mol. The standard InChI is InChI=1S/C19H23F2N4O6P/c1-12(16(26)29-10-13-5-3-2-4-6-13)24-32(28)30-11-14-9-19(20,21)17(31-14)25-8-7-15(22)23-18(25)27/h2-8,12,14,17,32H,9-11H2,1H3,(H,24,28)(H2,22,23,27)/t12-,14-,17+/m0/s1. The van der Waals surface area contributed by atoms with E-state index in [-0.39, 0.29) is 12.4 Å². The molecule has 3 N–H and O–H groups in total. The zero-order chi connectivity index (χ0) is 23.3. The zero-order valence-corrected chi connectivity index (χ0v) is 18.1. The third-order valence-electron chi connectivity index (χ3n) is 4.60. The van der Waals surface area contributed by atoms with Crippen molar-refractivity contribution >= 4 is 20.0 Å². The Labute approximate surface area is 182 Å². The number of anilines is 1. The maximum atomic E-state index is 14.3. The minimum Gasteiger partial charge on any atom is -0.460 e. The van der Waals surface area contributed by atoms with Crippen molar-refractivity contribution in [2.45, 2.75) is 44.2 Å². The van der Waals surface area contributed by atoms with Gasteiger partial charge in [-0.25, -0.2) is 18.7 Å². The summed E-state index contributed by atoms with van der Waals surface area (Å²) >= 11 is 0. The summed E-state index contributed by atoms with van der Waals surface area (Å²) in [6.45, 7) is 1.06. The number of aromatic nitrogens is 2. The summed E-state index contributed by atoms with van der Waals surface area (Å²) in [7, 11) is -2.96. The number of hydrogen-bond donors (Lipinski definition) is 2. The van der Waals surface area contributed by atoms with Gasteiger partial charge in [0.2, 0.25) is 6.23 Å². The average molecular weight is 472 g/mol. The minimum absolute atomic E-state index is 0.0548. The van der Waals surface area contributed by atoms with Gasteiger partial charge in [0.1, 0.15) is 18.5 Å². The molecule has 13 heteroatoms. The zero-order valence-electron chi connectivity index (χ0n) is 17.1. The van der Waals surface area contributed by atoms with Crippen LogP contribution in [0.2, 0.25) is 0 Å². The number of nitrogen functional groups attached to an aromatic ring is 1. The number of hydrogen-bond acceptors (Lipinski definition) is 8. The molecule has 10 nitrogen and oxygen atoms in total. The van der Waals surface area contributed by atoms with E-state index < -0.39 is 57.2 Å². The summed E-state index contributed by atoms with van der Waals surface area (Å²) in [5.74, 6) is -4.13. The van der Waals surface area contributed by atoms with Crippen LogP contribution in [-0.2, 0) is 30.0 Å². The molecule has 0 aliphatic carbocycles. The molecule has 32 heavy (non-hydrogen) atoms. The van der Waals surface area contributed by atoms with Gasteiger partial charge in [-0.3, -0.25) is 13.9 Å². The number of esters is 1. The Bertz CT molecular complexity index is 1020. The minimum atomic E-state index is -3.38. The first-order valence-corrected chi connectivity index (χ1v) is 11.0. The fraction of sp³-hybridized carbons (Fsp3) is 0.421. The van der Waals surface area contributed by atoms with Crippen molar-refractivity contribution in [2.24, 2.45) is 0 Å². The van der Waals surface area contributed by atoms with Crippen LogP contribution in [0.15, 0.2) is 47.4 Å². The molecular weight excluding hydrogens is 449 g/mol. The van der Waals surface area contributed by atoms with E-state index in [4.69, 9.17) is 19.7 Å². The van der Waals surface area contributed by atoms with Crippen LogP contribution in [0.4, 0.5) is 14.6 Å². The second-order valence-electron chi connectivity index (χ2n) is 7.18. The van der Waals surface area contributed by atoms with Crippen LogP contribution in [0.1, 0.15) is 25.1 Å². The van der Waals surface area contributed by atoms with Crippen molar-refractivity contribution in [3.8, 4) is 0 Å². The van der Waals surface area contributed by atoms with Crippen molar-refractivity contribution in [2.75, 3.05) is 12.3 Å². The van der Waals surface area contributed by atoms with Gasteiger partial charge in [0.05, 0.1) is 12.7 Å². The maximum Gasteiger partial charge on any atom is 0.351 e. The fourth-order valence-corrected chi connectivity index (χ4v) is 3.90. The molecule has 1 saturated heterocycles. The Hall–Kier alpha value is -2.66. The number of halogens is 2. The summed E-state index contributed by atoms with van der Waals surface area (Å²) in [4.78, 5) is 27.3. The van der Waals surface area contributed by atoms with Gasteiger partial charge < -0.3 is 19.7 Å². The van der Waals surface area contributed by atoms with Gasteiger partial charge in [-0.15, -0.1) is 0 Å². The van der Waals surface area contributed by atoms with Crippen LogP contribution >= 0.6 is 8.18 Å². The molecule has 1 aromatic heterocycles. The van der Waals surface area contributed by atoms with Crippen LogP contribution in [0.25, 0.3) is 0 Å². The highest BCUT2D eigenvalue weighted by Gasteiger charge is 2.52. The molecule has 0 bridgehead atoms. The van der Waals surface area contributed by atoms with Crippen molar-refractivity contribution in [3.05, 3.63) is 58.6 Å². The van der Waals surface area contributed by atoms with E-state index in [0.717, 1.165) is 11.8 Å². The maximum absolute atomic E-state index is 14.3. The third-order valence-corrected chi connectivity index (χ3v) is 5.70. The van der Waals surface area contributed by atoms with Gasteiger partial charge in [0.25, 0.3) is 14.1 Å². The van der Waals surface area contributed by atoms with Gasteiger partial charge in [-0.05, 0) is 18.6 Å². The summed E-state index contributed by atoms with van der Waals surface area (Å²) in [6, 6.07) is 9.27. The number of rotatable bonds is 9. The highest BCUT2D eigenvalue weighted by molar-refractivity contribution is 7.36. The first-order chi connectivity index (χ1) is 15.2. The molecule has 1 aliphatic rings. The predicted octanol–water partition coefficient (Wildman–Crippen LogP) is 1.88. The van der Waals surface area contributed by atoms with Crippen LogP contribution in [0, 0.1) is 0 Å². The SMILES string of the molecule is C[C@H](N[PH](=O)OC[C@@H]1CC(F)(F)[C@H](n2ccc(N)nc2=O)O1)C(=O)OCc1ccccc1. The average Bonchev–Trinajstić information content (AvgIpc) is 3.05. The van der Waals surface area contributed by atoms with E-state index in [1.807, 2.05) is 6.07 Å². The third kappa shape index (κ3) is 6.19. The second-order valence-corrected chi connectivity index (χ2v) is 8.33. The quantitative estimate of drug-likeness (QED) is 0.414. The van der Waals surface area contributed by atoms with Crippen molar-refractivity contribution < 1.29 is 32.1 Å². The van der Waals surface area contributed by atoms with E-state index in [2.05, 4.69) is 10.1 Å². The smallest absolute Gasteiger partial charge is 0.351 e. The Morgan fingerprint density at radius 3 is 2.81 bits per heavy atom. The van der Waals surface area contributed by atoms with Crippen LogP contribution in [0.3, 0.4) is 0 Å². The summed E-state index contributed by atoms with van der Waals surface area (Å²) < 4.78 is 56.9. The molecule has 174 valence electrons. The molecule has 1 fully saturated rings. The van der Waals surface area contributed by atoms with Crippen LogP contribution in [-0.4, -0.2) is 40.2 Å². The van der Waals surface area contributed by atoms with Crippen molar-refractivity contribution in [3.63, 3.8) is 0 Å². The first kappa shape index (κ1) is 24.0. The normalized spacial score (nSPS) is 21.7. The number of carbonyl (C=O) groups is 1. The summed E-state index contributed by atoms with van der Waals surface area (Å²) in [6.07, 6.45) is -2.70. The number of alkyl halides is 2. The largest absolute Gasteiger partial charge is 0.460 e. The molecule has 2 aromatic rings. The lowest BCUT2D eigenvalue weighted by Gasteiger charge is -2.19. The monoisotopic (exact) mass is 472 g/mol. The fourth-order valence-electron chi connectivity index (χ4n) is 3.01. The first-order valence-electron chi connectivity index (χ1n) is 9.67. The van der Waals surface area contributed by atoms with E-state index in [9.17, 15) is 22.9 Å². The molecule has 2 heterocycles. The Kier molecular flexibility index (Phi) is 7.73. The van der Waals surface area contributed by atoms with Gasteiger partial charge in [0, 0.05) is 12.6 Å².